The molecule has 0 radical (unpaired) electrons. The Morgan fingerprint density at radius 1 is 1.21 bits per heavy atom. The van der Waals surface area contributed by atoms with Crippen LogP contribution in [0.4, 0.5) is 8.78 Å². The number of benzene rings is 2. The number of carboxylic acids is 1. The normalized spacial score (nSPS) is 16.6. The van der Waals surface area contributed by atoms with Gasteiger partial charge < -0.3 is 20.5 Å². The Morgan fingerprint density at radius 3 is 2.29 bits per heavy atom. The van der Waals surface area contributed by atoms with Crippen LogP contribution in [-0.2, 0) is 22.6 Å². The lowest BCUT2D eigenvalue weighted by Gasteiger charge is -2.22. The average Bonchev–Trinajstić information content (AvgIpc) is 3.20. The predicted octanol–water partition coefficient (Wildman–Crippen LogP) is 5.22. The van der Waals surface area contributed by atoms with Crippen molar-refractivity contribution < 1.29 is 23.4 Å². The van der Waals surface area contributed by atoms with Gasteiger partial charge >= 0.3 is 5.97 Å². The summed E-state index contributed by atoms with van der Waals surface area (Å²) in [4.78, 5) is 12.1. The molecule has 34 heavy (non-hydrogen) atoms. The molecule has 1 heterocycles. The van der Waals surface area contributed by atoms with Crippen molar-refractivity contribution in [1.29, 1.82) is 0 Å². The number of carboxylic acid groups (broad SMARTS) is 1. The molecular formula is C27H40F2N2O3. The molecule has 0 spiro atoms. The molecule has 1 aliphatic rings. The van der Waals surface area contributed by atoms with E-state index in [-0.39, 0.29) is 11.9 Å². The van der Waals surface area contributed by atoms with Crippen molar-refractivity contribution in [2.24, 2.45) is 5.73 Å². The fourth-order valence-electron chi connectivity index (χ4n) is 3.45. The first-order valence-electron chi connectivity index (χ1n) is 11.7. The van der Waals surface area contributed by atoms with Crippen LogP contribution in [0.3, 0.4) is 0 Å². The topological polar surface area (TPSA) is 75.8 Å². The average molecular weight is 479 g/mol. The zero-order chi connectivity index (χ0) is 25.6. The first-order chi connectivity index (χ1) is 16.0. The first-order valence-corrected chi connectivity index (χ1v) is 11.7. The first kappa shape index (κ1) is 29.7. The van der Waals surface area contributed by atoms with E-state index in [1.54, 1.807) is 13.2 Å². The van der Waals surface area contributed by atoms with E-state index in [0.29, 0.717) is 19.1 Å². The lowest BCUT2D eigenvalue weighted by atomic mass is 10.0. The predicted molar refractivity (Wildman–Crippen MR) is 133 cm³/mol. The maximum atomic E-state index is 13.5. The summed E-state index contributed by atoms with van der Waals surface area (Å²) in [7, 11) is 1.70. The Kier molecular flexibility index (Phi) is 13.6. The summed E-state index contributed by atoms with van der Waals surface area (Å²) in [5, 5.41) is 7.88. The number of aliphatic carboxylic acids is 1. The number of ether oxygens (including phenoxy) is 1. The Morgan fingerprint density at radius 2 is 1.79 bits per heavy atom. The number of likely N-dealkylation sites (tertiary alicyclic amines) is 1. The highest BCUT2D eigenvalue weighted by Crippen LogP contribution is 2.17. The van der Waals surface area contributed by atoms with Gasteiger partial charge in [-0.05, 0) is 76.7 Å². The van der Waals surface area contributed by atoms with Crippen LogP contribution in [0.25, 0.3) is 0 Å². The molecule has 0 aromatic heterocycles. The van der Waals surface area contributed by atoms with E-state index in [4.69, 9.17) is 15.6 Å². The lowest BCUT2D eigenvalue weighted by Crippen LogP contribution is -2.33. The molecular weight excluding hydrogens is 438 g/mol. The van der Waals surface area contributed by atoms with Gasteiger partial charge in [0.15, 0.2) is 0 Å². The van der Waals surface area contributed by atoms with Crippen LogP contribution < -0.4 is 5.73 Å². The third-order valence-electron chi connectivity index (χ3n) is 5.58. The molecule has 1 aliphatic heterocycles. The van der Waals surface area contributed by atoms with Crippen LogP contribution in [0, 0.1) is 5.82 Å². The Hall–Kier alpha value is -2.35. The van der Waals surface area contributed by atoms with E-state index in [1.807, 2.05) is 42.5 Å². The minimum atomic E-state index is -2.08. The Balaban J connectivity index is 0.000000301. The molecule has 5 nitrogen and oxygen atoms in total. The van der Waals surface area contributed by atoms with Gasteiger partial charge in [-0.3, -0.25) is 0 Å². The zero-order valence-electron chi connectivity index (χ0n) is 20.8. The molecule has 1 fully saturated rings. The van der Waals surface area contributed by atoms with Crippen molar-refractivity contribution in [1.82, 2.24) is 4.90 Å². The van der Waals surface area contributed by atoms with Crippen LogP contribution in [0.1, 0.15) is 51.2 Å². The molecule has 2 atom stereocenters. The largest absolute Gasteiger partial charge is 0.479 e. The van der Waals surface area contributed by atoms with Gasteiger partial charge in [0.1, 0.15) is 5.82 Å². The van der Waals surface area contributed by atoms with Crippen LogP contribution in [-0.4, -0.2) is 53.9 Å². The smallest absolute Gasteiger partial charge is 0.340 e. The molecule has 190 valence electrons. The number of carbonyl (C=O) groups is 1. The van der Waals surface area contributed by atoms with Crippen molar-refractivity contribution in [3.63, 3.8) is 0 Å². The second kappa shape index (κ2) is 15.5. The molecule has 0 bridgehead atoms. The standard InChI is InChI=1S/C15H23FN2.C8H10O.C4H7FO2/c1-12-5-4-9-18(12)10-8-14(17)11-13-6-2-3-7-15(13)16;1-9-7-8-5-3-2-4-6-8;1-4(2,5)3(6)7/h2-3,6-7,12,14H,4-5,8-11,17H2,1H3;2-6H,7H2,1H3;1-2H3,(H,6,7). The van der Waals surface area contributed by atoms with Crippen molar-refractivity contribution >= 4 is 5.97 Å². The summed E-state index contributed by atoms with van der Waals surface area (Å²) >= 11 is 0. The molecule has 3 rings (SSSR count). The Bertz CT molecular complexity index is 828. The summed E-state index contributed by atoms with van der Waals surface area (Å²) < 4.78 is 30.3. The molecule has 7 heteroatoms. The molecule has 0 saturated carbocycles. The molecule has 1 saturated heterocycles. The van der Waals surface area contributed by atoms with Crippen LogP contribution in [0.2, 0.25) is 0 Å². The van der Waals surface area contributed by atoms with Gasteiger partial charge in [-0.25, -0.2) is 13.6 Å². The quantitative estimate of drug-likeness (QED) is 0.544. The van der Waals surface area contributed by atoms with Gasteiger partial charge in [0.25, 0.3) is 0 Å². The molecule has 0 aliphatic carbocycles. The summed E-state index contributed by atoms with van der Waals surface area (Å²) in [6.45, 7) is 7.20. The van der Waals surface area contributed by atoms with Gasteiger partial charge in [-0.15, -0.1) is 0 Å². The highest BCUT2D eigenvalue weighted by atomic mass is 19.1. The molecule has 2 aromatic rings. The Labute approximate surface area is 202 Å². The van der Waals surface area contributed by atoms with Crippen molar-refractivity contribution in [3.8, 4) is 0 Å². The number of hydrogen-bond acceptors (Lipinski definition) is 4. The highest BCUT2D eigenvalue weighted by Gasteiger charge is 2.25. The number of nitrogens with two attached hydrogens (primary N) is 1. The SMILES string of the molecule is CC(C)(F)C(=O)O.CC1CCCN1CCC(N)Cc1ccccc1F.COCc1ccccc1. The number of halogens is 2. The van der Waals surface area contributed by atoms with Crippen molar-refractivity contribution in [2.45, 2.75) is 70.8 Å². The van der Waals surface area contributed by atoms with E-state index in [9.17, 15) is 13.6 Å². The molecule has 3 N–H and O–H groups in total. The fraction of sp³-hybridized carbons (Fsp3) is 0.519. The van der Waals surface area contributed by atoms with Crippen LogP contribution in [0.5, 0.6) is 0 Å². The second-order valence-electron chi connectivity index (χ2n) is 9.07. The minimum absolute atomic E-state index is 0.0506. The molecule has 2 aromatic carbocycles. The minimum Gasteiger partial charge on any atom is -0.479 e. The second-order valence-corrected chi connectivity index (χ2v) is 9.07. The van der Waals surface area contributed by atoms with Crippen LogP contribution in [0.15, 0.2) is 54.6 Å². The summed E-state index contributed by atoms with van der Waals surface area (Å²) in [5.41, 5.74) is 5.98. The van der Waals surface area contributed by atoms with Crippen molar-refractivity contribution in [2.75, 3.05) is 20.2 Å². The summed E-state index contributed by atoms with van der Waals surface area (Å²) in [5.74, 6) is -1.56. The number of nitrogens with zero attached hydrogens (tertiary/aromatic N) is 1. The van der Waals surface area contributed by atoms with Crippen molar-refractivity contribution in [3.05, 3.63) is 71.5 Å². The fourth-order valence-corrected chi connectivity index (χ4v) is 3.45. The van der Waals surface area contributed by atoms with Gasteiger partial charge in [0.2, 0.25) is 5.67 Å². The lowest BCUT2D eigenvalue weighted by molar-refractivity contribution is -0.148. The maximum Gasteiger partial charge on any atom is 0.340 e. The number of methoxy groups -OCH3 is 1. The van der Waals surface area contributed by atoms with E-state index in [1.165, 1.54) is 31.0 Å². The van der Waals surface area contributed by atoms with Crippen LogP contribution >= 0.6 is 0 Å². The zero-order valence-corrected chi connectivity index (χ0v) is 20.8. The number of rotatable bonds is 8. The van der Waals surface area contributed by atoms with E-state index < -0.39 is 11.6 Å². The monoisotopic (exact) mass is 478 g/mol. The third-order valence-corrected chi connectivity index (χ3v) is 5.58. The van der Waals surface area contributed by atoms with Gasteiger partial charge in [-0.2, -0.15) is 0 Å². The molecule has 2 unspecified atom stereocenters. The summed E-state index contributed by atoms with van der Waals surface area (Å²) in [6.07, 6.45) is 4.17. The van der Waals surface area contributed by atoms with Gasteiger partial charge in [0.05, 0.1) is 6.61 Å². The molecule has 0 amide bonds. The van der Waals surface area contributed by atoms with Gasteiger partial charge in [-0.1, -0.05) is 48.5 Å². The van der Waals surface area contributed by atoms with Gasteiger partial charge in [0, 0.05) is 19.2 Å². The van der Waals surface area contributed by atoms with E-state index >= 15 is 0 Å². The third kappa shape index (κ3) is 12.2. The number of alkyl halides is 1. The van der Waals surface area contributed by atoms with E-state index in [2.05, 4.69) is 11.8 Å². The van der Waals surface area contributed by atoms with E-state index in [0.717, 1.165) is 32.4 Å². The summed E-state index contributed by atoms with van der Waals surface area (Å²) in [6, 6.07) is 17.8. The highest BCUT2D eigenvalue weighted by molar-refractivity contribution is 5.75. The maximum absolute atomic E-state index is 13.5. The number of hydrogen-bond donors (Lipinski definition) is 2.